The molecule has 1 aliphatic heterocycles. The molecule has 0 radical (unpaired) electrons. The number of piperazine rings is 1. The van der Waals surface area contributed by atoms with Crippen LogP contribution in [0.25, 0.3) is 0 Å². The number of amides is 1. The molecule has 1 aliphatic rings. The maximum absolute atomic E-state index is 12.5. The molecule has 6 heteroatoms. The summed E-state index contributed by atoms with van der Waals surface area (Å²) in [5.41, 5.74) is 4.95. The summed E-state index contributed by atoms with van der Waals surface area (Å²) in [5.74, 6) is -0.534. The van der Waals surface area contributed by atoms with Gasteiger partial charge in [-0.1, -0.05) is 19.1 Å². The second-order valence-corrected chi connectivity index (χ2v) is 8.46. The summed E-state index contributed by atoms with van der Waals surface area (Å²) in [5, 5.41) is 0. The molecule has 3 rings (SSSR count). The van der Waals surface area contributed by atoms with Crippen LogP contribution in [0, 0.1) is 20.8 Å². The SMILES string of the molecule is CCc1cc(C(=O)OCC(=O)N2CCN(c3cccc(C)c3C)CC2)sc1C. The van der Waals surface area contributed by atoms with Gasteiger partial charge in [-0.05, 0) is 56.0 Å². The molecule has 2 aromatic rings. The van der Waals surface area contributed by atoms with E-state index in [1.165, 1.54) is 28.2 Å². The number of hydrogen-bond acceptors (Lipinski definition) is 5. The number of anilines is 1. The standard InChI is InChI=1S/C22H28N2O3S/c1-5-18-13-20(28-17(18)4)22(26)27-14-21(25)24-11-9-23(10-12-24)19-8-6-7-15(2)16(19)3/h6-8,13H,5,9-12,14H2,1-4H3. The molecule has 0 unspecified atom stereocenters. The third kappa shape index (κ3) is 4.38. The van der Waals surface area contributed by atoms with Gasteiger partial charge in [0, 0.05) is 36.7 Å². The topological polar surface area (TPSA) is 49.9 Å². The first-order valence-corrected chi connectivity index (χ1v) is 10.6. The first-order valence-electron chi connectivity index (χ1n) is 9.76. The third-order valence-corrected chi connectivity index (χ3v) is 6.55. The Balaban J connectivity index is 1.51. The van der Waals surface area contributed by atoms with Crippen LogP contribution in [0.5, 0.6) is 0 Å². The van der Waals surface area contributed by atoms with Crippen LogP contribution in [0.1, 0.15) is 38.2 Å². The minimum Gasteiger partial charge on any atom is -0.451 e. The number of benzene rings is 1. The molecule has 1 fully saturated rings. The summed E-state index contributed by atoms with van der Waals surface area (Å²) in [6.45, 7) is 11.0. The van der Waals surface area contributed by atoms with Gasteiger partial charge < -0.3 is 14.5 Å². The summed E-state index contributed by atoms with van der Waals surface area (Å²) in [6.07, 6.45) is 0.888. The van der Waals surface area contributed by atoms with Crippen LogP contribution in [-0.2, 0) is 16.0 Å². The highest BCUT2D eigenvalue weighted by molar-refractivity contribution is 7.14. The van der Waals surface area contributed by atoms with Crippen LogP contribution in [0.2, 0.25) is 0 Å². The van der Waals surface area contributed by atoms with Crippen molar-refractivity contribution in [2.75, 3.05) is 37.7 Å². The Kier molecular flexibility index (Phi) is 6.39. The van der Waals surface area contributed by atoms with Gasteiger partial charge in [0.05, 0.1) is 0 Å². The number of aryl methyl sites for hydroxylation is 3. The van der Waals surface area contributed by atoms with Crippen LogP contribution in [0.15, 0.2) is 24.3 Å². The number of nitrogens with zero attached hydrogens (tertiary/aromatic N) is 2. The van der Waals surface area contributed by atoms with Gasteiger partial charge in [0.15, 0.2) is 6.61 Å². The molecule has 28 heavy (non-hydrogen) atoms. The minimum absolute atomic E-state index is 0.127. The average molecular weight is 401 g/mol. The normalized spacial score (nSPS) is 14.3. The number of rotatable bonds is 5. The molecule has 2 heterocycles. The number of ether oxygens (including phenoxy) is 1. The second-order valence-electron chi connectivity index (χ2n) is 7.21. The molecule has 0 N–H and O–H groups in total. The van der Waals surface area contributed by atoms with E-state index >= 15 is 0 Å². The molecule has 1 aromatic carbocycles. The second kappa shape index (κ2) is 8.78. The molecule has 0 atom stereocenters. The number of hydrogen-bond donors (Lipinski definition) is 0. The Hall–Kier alpha value is -2.34. The van der Waals surface area contributed by atoms with Crippen molar-refractivity contribution in [3.8, 4) is 0 Å². The van der Waals surface area contributed by atoms with Gasteiger partial charge in [-0.15, -0.1) is 11.3 Å². The van der Waals surface area contributed by atoms with E-state index in [1.54, 1.807) is 4.90 Å². The van der Waals surface area contributed by atoms with E-state index in [4.69, 9.17) is 4.74 Å². The largest absolute Gasteiger partial charge is 0.451 e. The van der Waals surface area contributed by atoms with Crippen LogP contribution in [-0.4, -0.2) is 49.6 Å². The predicted octanol–water partition coefficient (Wildman–Crippen LogP) is 3.74. The molecule has 0 bridgehead atoms. The van der Waals surface area contributed by atoms with Crippen LogP contribution >= 0.6 is 11.3 Å². The van der Waals surface area contributed by atoms with Gasteiger partial charge in [0.25, 0.3) is 5.91 Å². The average Bonchev–Trinajstić information content (AvgIpc) is 3.09. The lowest BCUT2D eigenvalue weighted by atomic mass is 10.1. The fourth-order valence-corrected chi connectivity index (χ4v) is 4.54. The van der Waals surface area contributed by atoms with Crippen molar-refractivity contribution >= 4 is 28.9 Å². The summed E-state index contributed by atoms with van der Waals surface area (Å²) in [7, 11) is 0. The lowest BCUT2D eigenvalue weighted by Crippen LogP contribution is -2.50. The highest BCUT2D eigenvalue weighted by Crippen LogP contribution is 2.24. The van der Waals surface area contributed by atoms with Crippen molar-refractivity contribution in [3.63, 3.8) is 0 Å². The molecular formula is C22H28N2O3S. The summed E-state index contributed by atoms with van der Waals surface area (Å²) < 4.78 is 5.27. The first kappa shape index (κ1) is 20.4. The fourth-order valence-electron chi connectivity index (χ4n) is 3.54. The molecule has 1 aromatic heterocycles. The summed E-state index contributed by atoms with van der Waals surface area (Å²) >= 11 is 1.43. The van der Waals surface area contributed by atoms with E-state index in [0.717, 1.165) is 30.0 Å². The molecule has 0 aliphatic carbocycles. The van der Waals surface area contributed by atoms with Crippen molar-refractivity contribution in [1.82, 2.24) is 4.90 Å². The maximum Gasteiger partial charge on any atom is 0.348 e. The Morgan fingerprint density at radius 2 is 1.82 bits per heavy atom. The lowest BCUT2D eigenvalue weighted by molar-refractivity contribution is -0.134. The van der Waals surface area contributed by atoms with Gasteiger partial charge in [0.1, 0.15) is 4.88 Å². The third-order valence-electron chi connectivity index (χ3n) is 5.48. The molecule has 0 spiro atoms. The fraction of sp³-hybridized carbons (Fsp3) is 0.455. The zero-order chi connectivity index (χ0) is 20.3. The van der Waals surface area contributed by atoms with Crippen molar-refractivity contribution in [3.05, 3.63) is 50.7 Å². The van der Waals surface area contributed by atoms with Crippen molar-refractivity contribution in [2.45, 2.75) is 34.1 Å². The molecule has 5 nitrogen and oxygen atoms in total. The highest BCUT2D eigenvalue weighted by Gasteiger charge is 2.23. The highest BCUT2D eigenvalue weighted by atomic mass is 32.1. The number of esters is 1. The Labute approximate surface area is 170 Å². The molecule has 1 saturated heterocycles. The van der Waals surface area contributed by atoms with Crippen molar-refractivity contribution in [2.24, 2.45) is 0 Å². The maximum atomic E-state index is 12.5. The quantitative estimate of drug-likeness (QED) is 0.718. The Bertz CT molecular complexity index is 867. The molecule has 150 valence electrons. The first-order chi connectivity index (χ1) is 13.4. The molecule has 1 amide bonds. The summed E-state index contributed by atoms with van der Waals surface area (Å²) in [6, 6.07) is 8.20. The molecule has 0 saturated carbocycles. The van der Waals surface area contributed by atoms with E-state index in [2.05, 4.69) is 43.9 Å². The Morgan fingerprint density at radius 1 is 1.11 bits per heavy atom. The monoisotopic (exact) mass is 400 g/mol. The van der Waals surface area contributed by atoms with E-state index < -0.39 is 5.97 Å². The molecular weight excluding hydrogens is 372 g/mol. The van der Waals surface area contributed by atoms with Gasteiger partial charge in [-0.2, -0.15) is 0 Å². The van der Waals surface area contributed by atoms with Gasteiger partial charge in [-0.3, -0.25) is 4.79 Å². The van der Waals surface area contributed by atoms with Gasteiger partial charge in [-0.25, -0.2) is 4.79 Å². The van der Waals surface area contributed by atoms with Crippen molar-refractivity contribution in [1.29, 1.82) is 0 Å². The predicted molar refractivity (Wildman–Crippen MR) is 113 cm³/mol. The summed E-state index contributed by atoms with van der Waals surface area (Å²) in [4.78, 5) is 30.5. The van der Waals surface area contributed by atoms with E-state index in [1.807, 2.05) is 13.0 Å². The van der Waals surface area contributed by atoms with E-state index in [9.17, 15) is 9.59 Å². The smallest absolute Gasteiger partial charge is 0.348 e. The van der Waals surface area contributed by atoms with E-state index in [0.29, 0.717) is 18.0 Å². The Morgan fingerprint density at radius 3 is 2.46 bits per heavy atom. The van der Waals surface area contributed by atoms with Gasteiger partial charge in [0.2, 0.25) is 0 Å². The number of carbonyl (C=O) groups excluding carboxylic acids is 2. The van der Waals surface area contributed by atoms with Crippen LogP contribution < -0.4 is 4.90 Å². The van der Waals surface area contributed by atoms with Crippen LogP contribution in [0.3, 0.4) is 0 Å². The zero-order valence-corrected chi connectivity index (χ0v) is 17.9. The number of carbonyl (C=O) groups is 2. The minimum atomic E-state index is -0.407. The van der Waals surface area contributed by atoms with Crippen LogP contribution in [0.4, 0.5) is 5.69 Å². The van der Waals surface area contributed by atoms with E-state index in [-0.39, 0.29) is 12.5 Å². The van der Waals surface area contributed by atoms with Crippen molar-refractivity contribution < 1.29 is 14.3 Å². The van der Waals surface area contributed by atoms with Gasteiger partial charge >= 0.3 is 5.97 Å². The number of thiophene rings is 1. The lowest BCUT2D eigenvalue weighted by Gasteiger charge is -2.37. The zero-order valence-electron chi connectivity index (χ0n) is 17.1.